The average Bonchev–Trinajstić information content (AvgIpc) is 2.27. The summed E-state index contributed by atoms with van der Waals surface area (Å²) in [4.78, 5) is 13.8. The number of nitrogens with one attached hydrogen (secondary N) is 2. The number of hydrogen-bond donors (Lipinski definition) is 3. The van der Waals surface area contributed by atoms with E-state index in [9.17, 15) is 9.90 Å². The minimum atomic E-state index is -0.501. The molecule has 112 valence electrons. The van der Waals surface area contributed by atoms with Crippen molar-refractivity contribution in [3.63, 3.8) is 0 Å². The second-order valence-corrected chi connectivity index (χ2v) is 6.72. The quantitative estimate of drug-likeness (QED) is 0.719. The Morgan fingerprint density at radius 2 is 1.95 bits per heavy atom. The van der Waals surface area contributed by atoms with Crippen molar-refractivity contribution < 1.29 is 9.90 Å². The van der Waals surface area contributed by atoms with Gasteiger partial charge in [-0.1, -0.05) is 6.92 Å². The normalized spacial score (nSPS) is 20.1. The molecule has 1 atom stereocenters. The first-order valence-electron chi connectivity index (χ1n) is 7.22. The van der Waals surface area contributed by atoms with Crippen LogP contribution in [-0.2, 0) is 0 Å². The Morgan fingerprint density at radius 3 is 2.47 bits per heavy atom. The van der Waals surface area contributed by atoms with Gasteiger partial charge in [0.15, 0.2) is 0 Å². The van der Waals surface area contributed by atoms with Crippen molar-refractivity contribution >= 4 is 6.03 Å². The van der Waals surface area contributed by atoms with Gasteiger partial charge in [0.25, 0.3) is 0 Å². The molecule has 0 spiro atoms. The fraction of sp³-hybridized carbons (Fsp3) is 0.929. The molecule has 1 aliphatic heterocycles. The monoisotopic (exact) mass is 271 g/mol. The van der Waals surface area contributed by atoms with Gasteiger partial charge in [-0.3, -0.25) is 0 Å². The van der Waals surface area contributed by atoms with Gasteiger partial charge in [-0.15, -0.1) is 0 Å². The van der Waals surface area contributed by atoms with Gasteiger partial charge < -0.3 is 20.6 Å². The summed E-state index contributed by atoms with van der Waals surface area (Å²) in [5.41, 5.74) is -0.252. The number of hydrogen-bond acceptors (Lipinski definition) is 3. The Labute approximate surface area is 116 Å². The molecule has 19 heavy (non-hydrogen) atoms. The summed E-state index contributed by atoms with van der Waals surface area (Å²) in [6.45, 7) is 11.1. The minimum Gasteiger partial charge on any atom is -0.390 e. The summed E-state index contributed by atoms with van der Waals surface area (Å²) >= 11 is 0. The molecule has 1 unspecified atom stereocenters. The lowest BCUT2D eigenvalue weighted by Gasteiger charge is -2.31. The van der Waals surface area contributed by atoms with E-state index in [1.54, 1.807) is 0 Å². The van der Waals surface area contributed by atoms with Crippen LogP contribution in [0.25, 0.3) is 0 Å². The molecule has 5 nitrogen and oxygen atoms in total. The fourth-order valence-corrected chi connectivity index (χ4v) is 2.20. The van der Waals surface area contributed by atoms with Crippen molar-refractivity contribution in [3.05, 3.63) is 0 Å². The lowest BCUT2D eigenvalue weighted by molar-refractivity contribution is 0.0918. The molecule has 0 aromatic heterocycles. The summed E-state index contributed by atoms with van der Waals surface area (Å²) in [5.74, 6) is 0.795. The molecule has 1 saturated heterocycles. The van der Waals surface area contributed by atoms with Crippen LogP contribution in [0, 0.1) is 5.92 Å². The van der Waals surface area contributed by atoms with Crippen LogP contribution in [-0.4, -0.2) is 53.9 Å². The molecule has 1 rings (SSSR count). The summed E-state index contributed by atoms with van der Waals surface area (Å²) < 4.78 is 0. The van der Waals surface area contributed by atoms with Crippen molar-refractivity contribution in [3.8, 4) is 0 Å². The van der Waals surface area contributed by atoms with Crippen LogP contribution < -0.4 is 10.6 Å². The maximum absolute atomic E-state index is 11.6. The lowest BCUT2D eigenvalue weighted by Crippen LogP contribution is -2.49. The number of aliphatic hydroxyl groups is 1. The fourth-order valence-electron chi connectivity index (χ4n) is 2.20. The number of likely N-dealkylation sites (tertiary alicyclic amines) is 1. The zero-order chi connectivity index (χ0) is 14.5. The van der Waals surface area contributed by atoms with Crippen LogP contribution in [0.5, 0.6) is 0 Å². The van der Waals surface area contributed by atoms with Gasteiger partial charge in [0.05, 0.1) is 6.10 Å². The summed E-state index contributed by atoms with van der Waals surface area (Å²) in [5, 5.41) is 15.5. The van der Waals surface area contributed by atoms with E-state index < -0.39 is 6.10 Å². The zero-order valence-corrected chi connectivity index (χ0v) is 12.7. The van der Waals surface area contributed by atoms with Crippen molar-refractivity contribution in [1.82, 2.24) is 15.5 Å². The molecule has 0 saturated carbocycles. The Balaban J connectivity index is 2.17. The lowest BCUT2D eigenvalue weighted by atomic mass is 9.99. The Bertz CT molecular complexity index is 281. The number of carbonyl (C=O) groups is 1. The standard InChI is InChI=1S/C14H29N3O2/c1-11-5-7-17(8-6-11)10-12(18)9-15-13(19)16-14(2,3)4/h11-12,18H,5-10H2,1-4H3,(H2,15,16,19). The van der Waals surface area contributed by atoms with E-state index >= 15 is 0 Å². The third-order valence-electron chi connectivity index (χ3n) is 3.33. The molecular formula is C14H29N3O2. The molecule has 0 bridgehead atoms. The number of urea groups is 1. The van der Waals surface area contributed by atoms with E-state index in [4.69, 9.17) is 0 Å². The summed E-state index contributed by atoms with van der Waals surface area (Å²) in [6, 6.07) is -0.223. The molecule has 0 aromatic rings. The largest absolute Gasteiger partial charge is 0.390 e. The number of carbonyl (C=O) groups excluding carboxylic acids is 1. The van der Waals surface area contributed by atoms with Crippen LogP contribution in [0.4, 0.5) is 4.79 Å². The molecule has 0 radical (unpaired) electrons. The van der Waals surface area contributed by atoms with Gasteiger partial charge in [-0.25, -0.2) is 4.79 Å². The molecule has 2 amide bonds. The topological polar surface area (TPSA) is 64.6 Å². The molecule has 1 aliphatic rings. The van der Waals surface area contributed by atoms with Gasteiger partial charge in [-0.05, 0) is 52.6 Å². The van der Waals surface area contributed by atoms with Gasteiger partial charge in [0.2, 0.25) is 0 Å². The highest BCUT2D eigenvalue weighted by Crippen LogP contribution is 2.15. The first-order chi connectivity index (χ1) is 8.76. The molecule has 1 heterocycles. The molecule has 3 N–H and O–H groups in total. The van der Waals surface area contributed by atoms with Crippen LogP contribution >= 0.6 is 0 Å². The highest BCUT2D eigenvalue weighted by Gasteiger charge is 2.19. The zero-order valence-electron chi connectivity index (χ0n) is 12.7. The molecule has 0 aliphatic carbocycles. The Morgan fingerprint density at radius 1 is 1.37 bits per heavy atom. The summed E-state index contributed by atoms with van der Waals surface area (Å²) in [6.07, 6.45) is 1.90. The van der Waals surface area contributed by atoms with E-state index in [0.29, 0.717) is 13.1 Å². The third-order valence-corrected chi connectivity index (χ3v) is 3.33. The van der Waals surface area contributed by atoms with Gasteiger partial charge in [-0.2, -0.15) is 0 Å². The van der Waals surface area contributed by atoms with E-state index in [1.807, 2.05) is 20.8 Å². The molecule has 1 fully saturated rings. The van der Waals surface area contributed by atoms with Crippen LogP contribution in [0.15, 0.2) is 0 Å². The maximum Gasteiger partial charge on any atom is 0.315 e. The number of β-amino-alcohol motifs (C(OH)–C–C–N with tert-alkyl or cyclic N) is 1. The van der Waals surface area contributed by atoms with Gasteiger partial charge in [0.1, 0.15) is 0 Å². The minimum absolute atomic E-state index is 0.223. The van der Waals surface area contributed by atoms with E-state index in [0.717, 1.165) is 19.0 Å². The van der Waals surface area contributed by atoms with Gasteiger partial charge >= 0.3 is 6.03 Å². The predicted molar refractivity (Wildman–Crippen MR) is 77.1 cm³/mol. The SMILES string of the molecule is CC1CCN(CC(O)CNC(=O)NC(C)(C)C)CC1. The van der Waals surface area contributed by atoms with E-state index in [1.165, 1.54) is 12.8 Å². The number of rotatable bonds is 4. The number of aliphatic hydroxyl groups excluding tert-OH is 1. The average molecular weight is 271 g/mol. The van der Waals surface area contributed by atoms with E-state index in [2.05, 4.69) is 22.5 Å². The predicted octanol–water partition coefficient (Wildman–Crippen LogP) is 1.18. The first-order valence-corrected chi connectivity index (χ1v) is 7.22. The number of piperidine rings is 1. The summed E-state index contributed by atoms with van der Waals surface area (Å²) in [7, 11) is 0. The third kappa shape index (κ3) is 7.38. The highest BCUT2D eigenvalue weighted by atomic mass is 16.3. The number of nitrogens with zero attached hydrogens (tertiary/aromatic N) is 1. The van der Waals surface area contributed by atoms with E-state index in [-0.39, 0.29) is 11.6 Å². The smallest absolute Gasteiger partial charge is 0.315 e. The maximum atomic E-state index is 11.6. The highest BCUT2D eigenvalue weighted by molar-refractivity contribution is 5.74. The van der Waals surface area contributed by atoms with Crippen LogP contribution in [0.1, 0.15) is 40.5 Å². The first kappa shape index (κ1) is 16.2. The van der Waals surface area contributed by atoms with Gasteiger partial charge in [0, 0.05) is 18.6 Å². The van der Waals surface area contributed by atoms with Crippen molar-refractivity contribution in [1.29, 1.82) is 0 Å². The molecular weight excluding hydrogens is 242 g/mol. The van der Waals surface area contributed by atoms with Crippen LogP contribution in [0.2, 0.25) is 0 Å². The van der Waals surface area contributed by atoms with Crippen molar-refractivity contribution in [2.75, 3.05) is 26.2 Å². The van der Waals surface area contributed by atoms with Crippen molar-refractivity contribution in [2.45, 2.75) is 52.2 Å². The Kier molecular flexibility index (Phi) is 6.07. The van der Waals surface area contributed by atoms with Crippen molar-refractivity contribution in [2.24, 2.45) is 5.92 Å². The Hall–Kier alpha value is -0.810. The molecule has 5 heteroatoms. The number of amides is 2. The second kappa shape index (κ2) is 7.10. The molecule has 0 aromatic carbocycles. The van der Waals surface area contributed by atoms with Crippen LogP contribution in [0.3, 0.4) is 0 Å². The second-order valence-electron chi connectivity index (χ2n) is 6.72.